The highest BCUT2D eigenvalue weighted by Gasteiger charge is 2.33. The van der Waals surface area contributed by atoms with Crippen LogP contribution in [0.15, 0.2) is 30.3 Å². The molecule has 100 valence electrons. The first-order valence-electron chi connectivity index (χ1n) is 7.51. The van der Waals surface area contributed by atoms with Gasteiger partial charge in [0.15, 0.2) is 0 Å². The van der Waals surface area contributed by atoms with Crippen LogP contribution in [0.4, 0.5) is 0 Å². The number of hydrogen-bond acceptors (Lipinski definition) is 1. The van der Waals surface area contributed by atoms with Crippen molar-refractivity contribution in [3.63, 3.8) is 0 Å². The van der Waals surface area contributed by atoms with Gasteiger partial charge in [0.25, 0.3) is 0 Å². The van der Waals surface area contributed by atoms with E-state index < -0.39 is 0 Å². The van der Waals surface area contributed by atoms with Crippen molar-refractivity contribution in [2.45, 2.75) is 50.9 Å². The maximum Gasteiger partial charge on any atom is 0.00776 e. The standard InChI is InChI=1S/C17H27N/c1-3-17(14-18-2,13-15-9-7-8-10-15)16-11-5-4-6-12-16/h4-6,11-12,15,18H,3,7-10,13-14H2,1-2H3. The van der Waals surface area contributed by atoms with Crippen LogP contribution < -0.4 is 5.32 Å². The lowest BCUT2D eigenvalue weighted by atomic mass is 9.71. The predicted octanol–water partition coefficient (Wildman–Crippen LogP) is 4.13. The van der Waals surface area contributed by atoms with E-state index in [1.165, 1.54) is 44.1 Å². The molecule has 1 aromatic carbocycles. The Morgan fingerprint density at radius 1 is 1.17 bits per heavy atom. The molecule has 2 rings (SSSR count). The maximum absolute atomic E-state index is 3.43. The first-order chi connectivity index (χ1) is 8.80. The van der Waals surface area contributed by atoms with E-state index in [1.807, 2.05) is 0 Å². The van der Waals surface area contributed by atoms with E-state index >= 15 is 0 Å². The van der Waals surface area contributed by atoms with Gasteiger partial charge in [-0.05, 0) is 31.4 Å². The molecule has 0 radical (unpaired) electrons. The molecule has 1 aliphatic rings. The quantitative estimate of drug-likeness (QED) is 0.794. The fourth-order valence-corrected chi connectivity index (χ4v) is 3.66. The average molecular weight is 245 g/mol. The minimum Gasteiger partial charge on any atom is -0.319 e. The Kier molecular flexibility index (Phi) is 4.82. The molecule has 1 saturated carbocycles. The minimum absolute atomic E-state index is 0.338. The number of likely N-dealkylation sites (N-methyl/N-ethyl adjacent to an activating group) is 1. The summed E-state index contributed by atoms with van der Waals surface area (Å²) in [6.45, 7) is 3.45. The summed E-state index contributed by atoms with van der Waals surface area (Å²) in [6, 6.07) is 11.1. The second-order valence-corrected chi connectivity index (χ2v) is 5.88. The lowest BCUT2D eigenvalue weighted by Crippen LogP contribution is -2.38. The SMILES string of the molecule is CCC(CNC)(CC1CCCC1)c1ccccc1. The number of nitrogens with one attached hydrogen (secondary N) is 1. The molecular weight excluding hydrogens is 218 g/mol. The highest BCUT2D eigenvalue weighted by atomic mass is 14.8. The van der Waals surface area contributed by atoms with Crippen LogP contribution in [0.1, 0.15) is 51.0 Å². The molecule has 1 N–H and O–H groups in total. The first kappa shape index (κ1) is 13.6. The smallest absolute Gasteiger partial charge is 0.00776 e. The molecule has 0 amide bonds. The van der Waals surface area contributed by atoms with Crippen LogP contribution in [0.25, 0.3) is 0 Å². The lowest BCUT2D eigenvalue weighted by Gasteiger charge is -2.36. The van der Waals surface area contributed by atoms with Gasteiger partial charge in [0.1, 0.15) is 0 Å². The van der Waals surface area contributed by atoms with Crippen molar-refractivity contribution < 1.29 is 0 Å². The first-order valence-corrected chi connectivity index (χ1v) is 7.51. The molecule has 1 nitrogen and oxygen atoms in total. The van der Waals surface area contributed by atoms with Gasteiger partial charge in [-0.15, -0.1) is 0 Å². The Labute approximate surface area is 112 Å². The molecule has 1 atom stereocenters. The van der Waals surface area contributed by atoms with Crippen LogP contribution in [0.3, 0.4) is 0 Å². The average Bonchev–Trinajstić information content (AvgIpc) is 2.92. The molecule has 1 fully saturated rings. The number of hydrogen-bond donors (Lipinski definition) is 1. The zero-order valence-electron chi connectivity index (χ0n) is 11.9. The second kappa shape index (κ2) is 6.38. The Hall–Kier alpha value is -0.820. The predicted molar refractivity (Wildman–Crippen MR) is 78.9 cm³/mol. The minimum atomic E-state index is 0.338. The molecule has 1 unspecified atom stereocenters. The highest BCUT2D eigenvalue weighted by Crippen LogP contribution is 2.39. The maximum atomic E-state index is 3.43. The second-order valence-electron chi connectivity index (χ2n) is 5.88. The molecule has 0 aliphatic heterocycles. The van der Waals surface area contributed by atoms with Crippen LogP contribution in [0.5, 0.6) is 0 Å². The molecule has 0 bridgehead atoms. The molecule has 1 heteroatoms. The summed E-state index contributed by atoms with van der Waals surface area (Å²) in [5.74, 6) is 0.943. The number of benzene rings is 1. The fraction of sp³-hybridized carbons (Fsp3) is 0.647. The van der Waals surface area contributed by atoms with Gasteiger partial charge in [0, 0.05) is 12.0 Å². The van der Waals surface area contributed by atoms with Crippen molar-refractivity contribution in [1.29, 1.82) is 0 Å². The summed E-state index contributed by atoms with van der Waals surface area (Å²) >= 11 is 0. The Bertz CT molecular complexity index is 340. The van der Waals surface area contributed by atoms with Gasteiger partial charge in [-0.1, -0.05) is 62.9 Å². The molecule has 1 aliphatic carbocycles. The van der Waals surface area contributed by atoms with Crippen molar-refractivity contribution in [3.05, 3.63) is 35.9 Å². The summed E-state index contributed by atoms with van der Waals surface area (Å²) in [5, 5.41) is 3.43. The van der Waals surface area contributed by atoms with Gasteiger partial charge in [0.2, 0.25) is 0 Å². The normalized spacial score (nSPS) is 19.9. The Morgan fingerprint density at radius 3 is 2.39 bits per heavy atom. The third kappa shape index (κ3) is 2.95. The lowest BCUT2D eigenvalue weighted by molar-refractivity contribution is 0.298. The van der Waals surface area contributed by atoms with E-state index in [1.54, 1.807) is 0 Å². The molecule has 0 heterocycles. The van der Waals surface area contributed by atoms with Crippen molar-refractivity contribution in [2.75, 3.05) is 13.6 Å². The summed E-state index contributed by atoms with van der Waals surface area (Å²) in [7, 11) is 2.09. The monoisotopic (exact) mass is 245 g/mol. The van der Waals surface area contributed by atoms with Crippen LogP contribution in [0.2, 0.25) is 0 Å². The van der Waals surface area contributed by atoms with Crippen molar-refractivity contribution >= 4 is 0 Å². The summed E-state index contributed by atoms with van der Waals surface area (Å²) in [5.41, 5.74) is 1.86. The van der Waals surface area contributed by atoms with Crippen molar-refractivity contribution in [3.8, 4) is 0 Å². The molecule has 0 saturated heterocycles. The molecular formula is C17H27N. The third-order valence-corrected chi connectivity index (χ3v) is 4.73. The van der Waals surface area contributed by atoms with E-state index in [0.717, 1.165) is 12.5 Å². The van der Waals surface area contributed by atoms with Crippen LogP contribution in [-0.4, -0.2) is 13.6 Å². The van der Waals surface area contributed by atoms with Crippen LogP contribution in [-0.2, 0) is 5.41 Å². The van der Waals surface area contributed by atoms with E-state index in [0.29, 0.717) is 5.41 Å². The van der Waals surface area contributed by atoms with Crippen molar-refractivity contribution in [2.24, 2.45) is 5.92 Å². The zero-order chi connectivity index (χ0) is 12.8. The zero-order valence-corrected chi connectivity index (χ0v) is 11.9. The number of rotatable bonds is 6. The topological polar surface area (TPSA) is 12.0 Å². The van der Waals surface area contributed by atoms with Gasteiger partial charge in [0.05, 0.1) is 0 Å². The Morgan fingerprint density at radius 2 is 1.83 bits per heavy atom. The van der Waals surface area contributed by atoms with Gasteiger partial charge >= 0.3 is 0 Å². The van der Waals surface area contributed by atoms with E-state index in [-0.39, 0.29) is 0 Å². The fourth-order valence-electron chi connectivity index (χ4n) is 3.66. The molecule has 0 spiro atoms. The molecule has 18 heavy (non-hydrogen) atoms. The van der Waals surface area contributed by atoms with Gasteiger partial charge in [-0.2, -0.15) is 0 Å². The summed E-state index contributed by atoms with van der Waals surface area (Å²) in [6.07, 6.45) is 8.36. The Balaban J connectivity index is 2.20. The highest BCUT2D eigenvalue weighted by molar-refractivity contribution is 5.26. The van der Waals surface area contributed by atoms with Gasteiger partial charge in [-0.3, -0.25) is 0 Å². The van der Waals surface area contributed by atoms with E-state index in [4.69, 9.17) is 0 Å². The van der Waals surface area contributed by atoms with E-state index in [9.17, 15) is 0 Å². The molecule has 1 aromatic rings. The van der Waals surface area contributed by atoms with Crippen LogP contribution in [0, 0.1) is 5.92 Å². The van der Waals surface area contributed by atoms with Crippen molar-refractivity contribution in [1.82, 2.24) is 5.32 Å². The largest absolute Gasteiger partial charge is 0.319 e. The molecule has 0 aromatic heterocycles. The van der Waals surface area contributed by atoms with Gasteiger partial charge < -0.3 is 5.32 Å². The van der Waals surface area contributed by atoms with Crippen LogP contribution >= 0.6 is 0 Å². The van der Waals surface area contributed by atoms with Gasteiger partial charge in [-0.25, -0.2) is 0 Å². The summed E-state index contributed by atoms with van der Waals surface area (Å²) < 4.78 is 0. The third-order valence-electron chi connectivity index (χ3n) is 4.73. The van der Waals surface area contributed by atoms with E-state index in [2.05, 4.69) is 49.6 Å². The summed E-state index contributed by atoms with van der Waals surface area (Å²) in [4.78, 5) is 0.